The summed E-state index contributed by atoms with van der Waals surface area (Å²) in [6.45, 7) is 2.11. The molecule has 190 valence electrons. The molecule has 2 N–H and O–H groups in total. The van der Waals surface area contributed by atoms with Crippen molar-refractivity contribution in [3.8, 4) is 5.69 Å². The van der Waals surface area contributed by atoms with Gasteiger partial charge in [0.1, 0.15) is 5.69 Å². The zero-order valence-electron chi connectivity index (χ0n) is 20.8. The monoisotopic (exact) mass is 560 g/mol. The van der Waals surface area contributed by atoms with Crippen LogP contribution >= 0.6 is 15.9 Å². The van der Waals surface area contributed by atoms with Gasteiger partial charge in [0, 0.05) is 36.7 Å². The topological polar surface area (TPSA) is 91.2 Å². The Kier molecular flexibility index (Phi) is 7.47. The van der Waals surface area contributed by atoms with Crippen molar-refractivity contribution in [1.29, 1.82) is 0 Å². The van der Waals surface area contributed by atoms with Crippen LogP contribution in [0.4, 0.5) is 28.8 Å². The van der Waals surface area contributed by atoms with E-state index in [1.807, 2.05) is 42.5 Å². The number of anilines is 5. The van der Waals surface area contributed by atoms with Gasteiger partial charge < -0.3 is 20.4 Å². The van der Waals surface area contributed by atoms with Crippen LogP contribution in [0.15, 0.2) is 82.3 Å². The highest BCUT2D eigenvalue weighted by molar-refractivity contribution is 9.10. The Morgan fingerprint density at radius 3 is 2.38 bits per heavy atom. The van der Waals surface area contributed by atoms with Crippen molar-refractivity contribution in [3.63, 3.8) is 0 Å². The van der Waals surface area contributed by atoms with Gasteiger partial charge in [-0.2, -0.15) is 14.8 Å². The van der Waals surface area contributed by atoms with Crippen molar-refractivity contribution in [2.24, 2.45) is 0 Å². The summed E-state index contributed by atoms with van der Waals surface area (Å²) in [5, 5.41) is 10.6. The summed E-state index contributed by atoms with van der Waals surface area (Å²) in [5.74, 6) is 0.892. The van der Waals surface area contributed by atoms with E-state index in [4.69, 9.17) is 0 Å². The fourth-order valence-corrected chi connectivity index (χ4v) is 4.72. The van der Waals surface area contributed by atoms with E-state index in [9.17, 15) is 4.79 Å². The predicted octanol–water partition coefficient (Wildman–Crippen LogP) is 4.80. The fraction of sp³-hybridized carbons (Fsp3) is 0.259. The molecule has 1 aliphatic rings. The van der Waals surface area contributed by atoms with Gasteiger partial charge >= 0.3 is 0 Å². The van der Waals surface area contributed by atoms with Crippen LogP contribution in [0.2, 0.25) is 0 Å². The summed E-state index contributed by atoms with van der Waals surface area (Å²) in [6, 6.07) is 19.9. The van der Waals surface area contributed by atoms with Gasteiger partial charge in [0.25, 0.3) is 5.56 Å². The molecule has 0 spiro atoms. The first-order valence-electron chi connectivity index (χ1n) is 12.2. The van der Waals surface area contributed by atoms with E-state index >= 15 is 0 Å². The molecule has 0 amide bonds. The zero-order valence-corrected chi connectivity index (χ0v) is 22.4. The molecule has 4 aromatic rings. The first-order valence-corrected chi connectivity index (χ1v) is 13.0. The molecule has 1 aliphatic heterocycles. The number of piperidine rings is 1. The number of hydrogen-bond donors (Lipinski definition) is 2. The summed E-state index contributed by atoms with van der Waals surface area (Å²) < 4.78 is 1.98. The summed E-state index contributed by atoms with van der Waals surface area (Å²) in [4.78, 5) is 26.7. The third-order valence-electron chi connectivity index (χ3n) is 6.53. The maximum atomic E-state index is 13.0. The molecule has 5 rings (SSSR count). The molecule has 0 atom stereocenters. The highest BCUT2D eigenvalue weighted by atomic mass is 79.9. The molecule has 3 heterocycles. The Morgan fingerprint density at radius 2 is 1.68 bits per heavy atom. The highest BCUT2D eigenvalue weighted by Gasteiger charge is 2.20. The minimum absolute atomic E-state index is 0.279. The lowest BCUT2D eigenvalue weighted by Gasteiger charge is -2.36. The molecule has 1 fully saturated rings. The van der Waals surface area contributed by atoms with Gasteiger partial charge in [-0.3, -0.25) is 4.79 Å². The molecule has 0 bridgehead atoms. The van der Waals surface area contributed by atoms with Crippen LogP contribution in [0.5, 0.6) is 0 Å². The zero-order chi connectivity index (χ0) is 25.8. The quantitative estimate of drug-likeness (QED) is 0.333. The molecule has 2 aromatic carbocycles. The number of rotatable bonds is 7. The van der Waals surface area contributed by atoms with Gasteiger partial charge in [0.15, 0.2) is 5.82 Å². The van der Waals surface area contributed by atoms with Crippen molar-refractivity contribution in [2.45, 2.75) is 18.9 Å². The van der Waals surface area contributed by atoms with Crippen molar-refractivity contribution < 1.29 is 0 Å². The van der Waals surface area contributed by atoms with E-state index in [0.717, 1.165) is 18.8 Å². The third kappa shape index (κ3) is 5.81. The van der Waals surface area contributed by atoms with E-state index in [1.165, 1.54) is 23.2 Å². The minimum atomic E-state index is -0.279. The molecule has 0 aliphatic carbocycles. The average molecular weight is 561 g/mol. The van der Waals surface area contributed by atoms with E-state index in [1.54, 1.807) is 18.5 Å². The third-order valence-corrected chi connectivity index (χ3v) is 7.11. The van der Waals surface area contributed by atoms with Crippen LogP contribution in [0.25, 0.3) is 5.69 Å². The smallest absolute Gasteiger partial charge is 0.295 e. The normalized spacial score (nSPS) is 14.1. The minimum Gasteiger partial charge on any atom is -0.371 e. The molecule has 1 saturated heterocycles. The maximum Gasteiger partial charge on any atom is 0.295 e. The first-order chi connectivity index (χ1) is 18.0. The lowest BCUT2D eigenvalue weighted by molar-refractivity contribution is 0.249. The molecule has 37 heavy (non-hydrogen) atoms. The molecular formula is C27H29BrN8O. The van der Waals surface area contributed by atoms with Gasteiger partial charge in [-0.25, -0.2) is 4.98 Å². The Balaban J connectivity index is 1.29. The molecule has 10 heteroatoms. The van der Waals surface area contributed by atoms with Crippen LogP contribution < -0.4 is 21.1 Å². The second-order valence-electron chi connectivity index (χ2n) is 9.17. The first kappa shape index (κ1) is 24.9. The van der Waals surface area contributed by atoms with Gasteiger partial charge in [-0.05, 0) is 85.3 Å². The largest absolute Gasteiger partial charge is 0.371 e. The van der Waals surface area contributed by atoms with E-state index in [-0.39, 0.29) is 5.56 Å². The number of para-hydroxylation sites is 1. The second kappa shape index (κ2) is 11.1. The number of benzene rings is 2. The van der Waals surface area contributed by atoms with Crippen LogP contribution in [0.3, 0.4) is 0 Å². The van der Waals surface area contributed by atoms with Crippen molar-refractivity contribution >= 4 is 44.8 Å². The second-order valence-corrected chi connectivity index (χ2v) is 10.0. The van der Waals surface area contributed by atoms with Crippen LogP contribution in [0, 0.1) is 0 Å². The molecule has 0 saturated carbocycles. The molecule has 0 unspecified atom stereocenters. The Hall–Kier alpha value is -3.76. The van der Waals surface area contributed by atoms with Gasteiger partial charge in [-0.1, -0.05) is 18.2 Å². The SMILES string of the molecule is CN(C)C1CCN(c2ccc(Nc3ncc(Br)c(Nc4ccnn(-c5ccccc5)c4=O)n3)cc2)CC1. The maximum absolute atomic E-state index is 13.0. The highest BCUT2D eigenvalue weighted by Crippen LogP contribution is 2.26. The van der Waals surface area contributed by atoms with E-state index < -0.39 is 0 Å². The van der Waals surface area contributed by atoms with Crippen molar-refractivity contribution in [2.75, 3.05) is 42.7 Å². The lowest BCUT2D eigenvalue weighted by atomic mass is 10.0. The molecule has 2 aromatic heterocycles. The summed E-state index contributed by atoms with van der Waals surface area (Å²) in [5.41, 5.74) is 2.86. The number of aromatic nitrogens is 4. The standard InChI is InChI=1S/C27H29BrN8O/c1-34(2)20-13-16-35(17-14-20)21-10-8-19(9-11-21)31-27-29-18-23(28)25(33-27)32-24-12-15-30-36(26(24)37)22-6-4-3-5-7-22/h3-12,15,18,20H,13-14,16-17H2,1-2H3,(H2,29,31,32,33). The molecule has 0 radical (unpaired) electrons. The van der Waals surface area contributed by atoms with E-state index in [0.29, 0.717) is 33.7 Å². The fourth-order valence-electron chi connectivity index (χ4n) is 4.43. The Morgan fingerprint density at radius 1 is 0.946 bits per heavy atom. The Bertz CT molecular complexity index is 1400. The van der Waals surface area contributed by atoms with Crippen molar-refractivity contribution in [1.82, 2.24) is 24.6 Å². The van der Waals surface area contributed by atoms with Crippen LogP contribution in [-0.4, -0.2) is 57.9 Å². The van der Waals surface area contributed by atoms with Crippen molar-refractivity contribution in [3.05, 3.63) is 87.9 Å². The average Bonchev–Trinajstić information content (AvgIpc) is 2.92. The summed E-state index contributed by atoms with van der Waals surface area (Å²) in [6.07, 6.45) is 5.57. The number of nitrogens with zero attached hydrogens (tertiary/aromatic N) is 6. The predicted molar refractivity (Wildman–Crippen MR) is 151 cm³/mol. The summed E-state index contributed by atoms with van der Waals surface area (Å²) >= 11 is 3.48. The van der Waals surface area contributed by atoms with Gasteiger partial charge in [0.05, 0.1) is 16.4 Å². The van der Waals surface area contributed by atoms with Crippen LogP contribution in [-0.2, 0) is 0 Å². The Labute approximate surface area is 224 Å². The van der Waals surface area contributed by atoms with E-state index in [2.05, 4.69) is 77.7 Å². The summed E-state index contributed by atoms with van der Waals surface area (Å²) in [7, 11) is 4.31. The van der Waals surface area contributed by atoms with Crippen LogP contribution in [0.1, 0.15) is 12.8 Å². The molecule has 9 nitrogen and oxygen atoms in total. The lowest BCUT2D eigenvalue weighted by Crippen LogP contribution is -2.41. The van der Waals surface area contributed by atoms with Gasteiger partial charge in [-0.15, -0.1) is 0 Å². The number of halogens is 1. The molecular weight excluding hydrogens is 532 g/mol. The van der Waals surface area contributed by atoms with Gasteiger partial charge in [0.2, 0.25) is 5.95 Å². The number of hydrogen-bond acceptors (Lipinski definition) is 8. The number of nitrogens with one attached hydrogen (secondary N) is 2.